The van der Waals surface area contributed by atoms with Crippen molar-refractivity contribution < 1.29 is 39.1 Å². The van der Waals surface area contributed by atoms with Crippen molar-refractivity contribution in [2.75, 3.05) is 24.5 Å². The van der Waals surface area contributed by atoms with Crippen LogP contribution in [0, 0.1) is 5.41 Å². The van der Waals surface area contributed by atoms with E-state index in [1.165, 1.54) is 0 Å². The van der Waals surface area contributed by atoms with Crippen LogP contribution in [0.25, 0.3) is 0 Å². The van der Waals surface area contributed by atoms with Crippen LogP contribution in [0.5, 0.6) is 0 Å². The Bertz CT molecular complexity index is 540. The van der Waals surface area contributed by atoms with Crippen molar-refractivity contribution in [3.8, 4) is 0 Å². The molecule has 0 aromatic carbocycles. The number of anilines is 1. The molecular formula is C16H25N4NaO2S. The summed E-state index contributed by atoms with van der Waals surface area (Å²) in [6, 6.07) is 0. The zero-order chi connectivity index (χ0) is 17.1. The molecule has 0 unspecified atom stereocenters. The fraction of sp³-hybridized carbons (Fsp3) is 0.688. The molecule has 2 heterocycles. The van der Waals surface area contributed by atoms with E-state index >= 15 is 0 Å². The number of nitrogens with zero attached hydrogens (tertiary/aromatic N) is 3. The number of piperidine rings is 1. The van der Waals surface area contributed by atoms with E-state index in [0.717, 1.165) is 31.7 Å². The van der Waals surface area contributed by atoms with Crippen LogP contribution in [0.1, 0.15) is 40.5 Å². The summed E-state index contributed by atoms with van der Waals surface area (Å²) in [6.45, 7) is 10.2. The van der Waals surface area contributed by atoms with E-state index in [2.05, 4.69) is 27.1 Å². The molecule has 1 fully saturated rings. The Kier molecular flexibility index (Phi) is 7.72. The van der Waals surface area contributed by atoms with E-state index in [9.17, 15) is 4.79 Å². The van der Waals surface area contributed by atoms with E-state index in [1.807, 2.05) is 20.8 Å². The standard InChI is InChI=1S/C16H26N4O2S.Na/c1-15(2,3)22-14(21)19-11-16(4)5-7-20(8-6-16)12-9-18-13(23)10-17-12;/h9-10H,5-8,11H2,1-4H3,(H,18,23)(H,19,21);/q;+1/p-1. The smallest absolute Gasteiger partial charge is 0.759 e. The quantitative estimate of drug-likeness (QED) is 0.580. The predicted octanol–water partition coefficient (Wildman–Crippen LogP) is -0.482. The van der Waals surface area contributed by atoms with Crippen molar-refractivity contribution in [1.82, 2.24) is 15.3 Å². The van der Waals surface area contributed by atoms with Gasteiger partial charge < -0.3 is 27.6 Å². The van der Waals surface area contributed by atoms with E-state index in [0.29, 0.717) is 11.6 Å². The predicted molar refractivity (Wildman–Crippen MR) is 91.5 cm³/mol. The van der Waals surface area contributed by atoms with Gasteiger partial charge in [-0.2, -0.15) is 0 Å². The van der Waals surface area contributed by atoms with Crippen molar-refractivity contribution in [3.05, 3.63) is 12.4 Å². The van der Waals surface area contributed by atoms with Gasteiger partial charge in [0.25, 0.3) is 0 Å². The topological polar surface area (TPSA) is 67.3 Å². The van der Waals surface area contributed by atoms with Crippen LogP contribution in [0.4, 0.5) is 10.6 Å². The number of ether oxygens (including phenoxy) is 1. The number of nitrogens with one attached hydrogen (secondary N) is 1. The minimum atomic E-state index is -0.468. The second-order valence-electron chi connectivity index (χ2n) is 7.37. The third-order valence-electron chi connectivity index (χ3n) is 3.97. The zero-order valence-electron chi connectivity index (χ0n) is 15.3. The second kappa shape index (κ2) is 8.65. The van der Waals surface area contributed by atoms with E-state index < -0.39 is 5.60 Å². The van der Waals surface area contributed by atoms with Crippen LogP contribution in [-0.2, 0) is 17.4 Å². The number of carbonyl (C=O) groups excluding carboxylic acids is 1. The maximum absolute atomic E-state index is 11.8. The molecule has 24 heavy (non-hydrogen) atoms. The minimum Gasteiger partial charge on any atom is -0.759 e. The van der Waals surface area contributed by atoms with Gasteiger partial charge in [-0.25, -0.2) is 9.78 Å². The maximum atomic E-state index is 11.8. The number of alkyl carbamates (subject to hydrolysis) is 1. The Balaban J connectivity index is 0.00000288. The molecule has 0 spiro atoms. The molecule has 128 valence electrons. The first-order valence-corrected chi connectivity index (χ1v) is 8.29. The number of rotatable bonds is 3. The van der Waals surface area contributed by atoms with Crippen LogP contribution in [0.2, 0.25) is 0 Å². The molecule has 1 aliphatic rings. The van der Waals surface area contributed by atoms with Crippen LogP contribution in [-0.4, -0.2) is 41.3 Å². The van der Waals surface area contributed by atoms with Gasteiger partial charge in [0.15, 0.2) is 0 Å². The fourth-order valence-electron chi connectivity index (χ4n) is 2.52. The molecule has 1 aliphatic heterocycles. The fourth-order valence-corrected chi connectivity index (χ4v) is 2.63. The summed E-state index contributed by atoms with van der Waals surface area (Å²) in [5.41, 5.74) is -0.400. The van der Waals surface area contributed by atoms with E-state index in [4.69, 9.17) is 17.4 Å². The molecule has 0 atom stereocenters. The number of carbonyl (C=O) groups is 1. The molecule has 8 heteroatoms. The van der Waals surface area contributed by atoms with Gasteiger partial charge in [-0.15, -0.1) is 0 Å². The first-order valence-electron chi connectivity index (χ1n) is 7.88. The SMILES string of the molecule is CC1(CNC(=O)OC(C)(C)C)CCN(c2cnc([S-])cn2)CC1.[Na+]. The normalized spacial score (nSPS) is 16.9. The third-order valence-corrected chi connectivity index (χ3v) is 4.18. The second-order valence-corrected chi connectivity index (χ2v) is 7.78. The van der Waals surface area contributed by atoms with Gasteiger partial charge in [0.1, 0.15) is 11.4 Å². The molecular weight excluding hydrogens is 335 g/mol. The average Bonchev–Trinajstić information content (AvgIpc) is 2.46. The number of hydrogen-bond donors (Lipinski definition) is 1. The first kappa shape index (κ1) is 21.4. The van der Waals surface area contributed by atoms with Crippen LogP contribution < -0.4 is 39.8 Å². The van der Waals surface area contributed by atoms with E-state index in [1.54, 1.807) is 12.4 Å². The minimum absolute atomic E-state index is 0. The zero-order valence-corrected chi connectivity index (χ0v) is 18.1. The Morgan fingerprint density at radius 2 is 1.96 bits per heavy atom. The van der Waals surface area contributed by atoms with Crippen molar-refractivity contribution in [2.45, 2.75) is 51.2 Å². The van der Waals surface area contributed by atoms with Gasteiger partial charge in [-0.1, -0.05) is 11.9 Å². The largest absolute Gasteiger partial charge is 1.00 e. The molecule has 0 saturated carbocycles. The summed E-state index contributed by atoms with van der Waals surface area (Å²) < 4.78 is 5.29. The van der Waals surface area contributed by atoms with Gasteiger partial charge in [-0.05, 0) is 39.0 Å². The number of amides is 1. The van der Waals surface area contributed by atoms with Crippen molar-refractivity contribution >= 4 is 24.5 Å². The van der Waals surface area contributed by atoms with Gasteiger partial charge in [0, 0.05) is 25.8 Å². The maximum Gasteiger partial charge on any atom is 1.00 e. The molecule has 1 aromatic heterocycles. The Hall–Kier alpha value is -0.630. The van der Waals surface area contributed by atoms with Crippen molar-refractivity contribution in [1.29, 1.82) is 0 Å². The molecule has 0 radical (unpaired) electrons. The molecule has 1 saturated heterocycles. The van der Waals surface area contributed by atoms with Crippen molar-refractivity contribution in [3.63, 3.8) is 0 Å². The summed E-state index contributed by atoms with van der Waals surface area (Å²) in [7, 11) is 0. The third kappa shape index (κ3) is 6.70. The van der Waals surface area contributed by atoms with Crippen LogP contribution >= 0.6 is 0 Å². The van der Waals surface area contributed by atoms with Gasteiger partial charge >= 0.3 is 35.7 Å². The summed E-state index contributed by atoms with van der Waals surface area (Å²) in [4.78, 5) is 22.4. The summed E-state index contributed by atoms with van der Waals surface area (Å²) in [5.74, 6) is 0.862. The molecule has 0 aliphatic carbocycles. The van der Waals surface area contributed by atoms with Crippen molar-refractivity contribution in [2.24, 2.45) is 5.41 Å². The summed E-state index contributed by atoms with van der Waals surface area (Å²) in [6.07, 6.45) is 4.93. The first-order chi connectivity index (χ1) is 10.7. The molecule has 1 aromatic rings. The molecule has 6 nitrogen and oxygen atoms in total. The Morgan fingerprint density at radius 1 is 1.33 bits per heavy atom. The van der Waals surface area contributed by atoms with E-state index in [-0.39, 0.29) is 41.1 Å². The number of hydrogen-bond acceptors (Lipinski definition) is 6. The molecule has 1 amide bonds. The van der Waals surface area contributed by atoms with Crippen LogP contribution in [0.15, 0.2) is 17.4 Å². The Morgan fingerprint density at radius 3 is 2.46 bits per heavy atom. The molecule has 2 rings (SSSR count). The van der Waals surface area contributed by atoms with Gasteiger partial charge in [-0.3, -0.25) is 4.98 Å². The van der Waals surface area contributed by atoms with Crippen LogP contribution in [0.3, 0.4) is 0 Å². The Labute approximate surface area is 171 Å². The molecule has 1 N–H and O–H groups in total. The summed E-state index contributed by atoms with van der Waals surface area (Å²) in [5, 5.41) is 3.40. The average molecular weight is 360 g/mol. The monoisotopic (exact) mass is 360 g/mol. The summed E-state index contributed by atoms with van der Waals surface area (Å²) >= 11 is 4.96. The number of aromatic nitrogens is 2. The molecule has 0 bridgehead atoms. The van der Waals surface area contributed by atoms with Gasteiger partial charge in [0.05, 0.1) is 6.20 Å². The van der Waals surface area contributed by atoms with Gasteiger partial charge in [0.2, 0.25) is 0 Å².